The summed E-state index contributed by atoms with van der Waals surface area (Å²) in [6.07, 6.45) is 0.809. The van der Waals surface area contributed by atoms with E-state index in [4.69, 9.17) is 0 Å². The predicted octanol–water partition coefficient (Wildman–Crippen LogP) is 3.75. The molecule has 0 aliphatic heterocycles. The molecule has 0 saturated carbocycles. The second kappa shape index (κ2) is 4.88. The summed E-state index contributed by atoms with van der Waals surface area (Å²) >= 11 is 0. The highest BCUT2D eigenvalue weighted by Gasteiger charge is 2.10. The van der Waals surface area contributed by atoms with E-state index in [0.29, 0.717) is 16.8 Å². The zero-order valence-corrected chi connectivity index (χ0v) is 10.7. The molecular formula is C14H16F2N2. The SMILES string of the molecule is CNc1cc(CC(C)C)nc2cc(F)c(F)cc12. The molecule has 0 fully saturated rings. The molecule has 2 rings (SSSR count). The number of nitrogens with zero attached hydrogens (tertiary/aromatic N) is 1. The molecule has 1 heterocycles. The van der Waals surface area contributed by atoms with E-state index in [-0.39, 0.29) is 0 Å². The maximum Gasteiger partial charge on any atom is 0.161 e. The van der Waals surface area contributed by atoms with Crippen LogP contribution >= 0.6 is 0 Å². The average Bonchev–Trinajstić information content (AvgIpc) is 2.29. The van der Waals surface area contributed by atoms with Gasteiger partial charge >= 0.3 is 0 Å². The van der Waals surface area contributed by atoms with Crippen LogP contribution < -0.4 is 5.32 Å². The van der Waals surface area contributed by atoms with E-state index < -0.39 is 11.6 Å². The number of hydrogen-bond acceptors (Lipinski definition) is 2. The summed E-state index contributed by atoms with van der Waals surface area (Å²) in [4.78, 5) is 4.38. The summed E-state index contributed by atoms with van der Waals surface area (Å²) in [5, 5.41) is 3.60. The van der Waals surface area contributed by atoms with Crippen molar-refractivity contribution in [3.8, 4) is 0 Å². The normalized spacial score (nSPS) is 11.2. The highest BCUT2D eigenvalue weighted by Crippen LogP contribution is 2.26. The largest absolute Gasteiger partial charge is 0.388 e. The fraction of sp³-hybridized carbons (Fsp3) is 0.357. The fourth-order valence-corrected chi connectivity index (χ4v) is 2.01. The highest BCUT2D eigenvalue weighted by atomic mass is 19.2. The topological polar surface area (TPSA) is 24.9 Å². The smallest absolute Gasteiger partial charge is 0.161 e. The summed E-state index contributed by atoms with van der Waals surface area (Å²) < 4.78 is 26.5. The number of halogens is 2. The molecule has 1 N–H and O–H groups in total. The van der Waals surface area contributed by atoms with Gasteiger partial charge in [0.05, 0.1) is 5.52 Å². The molecule has 4 heteroatoms. The van der Waals surface area contributed by atoms with E-state index in [2.05, 4.69) is 24.1 Å². The second-order valence-corrected chi connectivity index (χ2v) is 4.79. The van der Waals surface area contributed by atoms with Gasteiger partial charge in [0.2, 0.25) is 0 Å². The van der Waals surface area contributed by atoms with E-state index in [1.807, 2.05) is 6.07 Å². The lowest BCUT2D eigenvalue weighted by atomic mass is 10.1. The Balaban J connectivity index is 2.63. The second-order valence-electron chi connectivity index (χ2n) is 4.79. The summed E-state index contributed by atoms with van der Waals surface area (Å²) in [6.45, 7) is 4.19. The zero-order chi connectivity index (χ0) is 13.3. The van der Waals surface area contributed by atoms with Gasteiger partial charge in [-0.2, -0.15) is 0 Å². The van der Waals surface area contributed by atoms with Gasteiger partial charge in [-0.15, -0.1) is 0 Å². The Morgan fingerprint density at radius 2 is 1.83 bits per heavy atom. The molecule has 1 aromatic heterocycles. The summed E-state index contributed by atoms with van der Waals surface area (Å²) in [5.41, 5.74) is 2.14. The molecule has 0 bridgehead atoms. The number of fused-ring (bicyclic) bond motifs is 1. The molecule has 96 valence electrons. The average molecular weight is 250 g/mol. The minimum Gasteiger partial charge on any atom is -0.388 e. The molecule has 2 aromatic rings. The van der Waals surface area contributed by atoms with E-state index in [9.17, 15) is 8.78 Å². The lowest BCUT2D eigenvalue weighted by molar-refractivity contribution is 0.510. The maximum atomic E-state index is 13.2. The van der Waals surface area contributed by atoms with Gasteiger partial charge in [-0.3, -0.25) is 4.98 Å². The van der Waals surface area contributed by atoms with Crippen molar-refractivity contribution >= 4 is 16.6 Å². The van der Waals surface area contributed by atoms with Gasteiger partial charge in [-0.05, 0) is 24.5 Å². The molecule has 0 aliphatic carbocycles. The van der Waals surface area contributed by atoms with Gasteiger partial charge in [0.25, 0.3) is 0 Å². The zero-order valence-electron chi connectivity index (χ0n) is 10.7. The Hall–Kier alpha value is -1.71. The minimum absolute atomic E-state index is 0.463. The lowest BCUT2D eigenvalue weighted by Crippen LogP contribution is -2.01. The Morgan fingerprint density at radius 3 is 2.44 bits per heavy atom. The van der Waals surface area contributed by atoms with Crippen molar-refractivity contribution in [1.82, 2.24) is 4.98 Å². The number of rotatable bonds is 3. The fourth-order valence-electron chi connectivity index (χ4n) is 2.01. The molecule has 0 unspecified atom stereocenters. The third kappa shape index (κ3) is 2.42. The van der Waals surface area contributed by atoms with E-state index in [1.165, 1.54) is 6.07 Å². The Bertz CT molecular complexity index is 580. The molecule has 0 radical (unpaired) electrons. The van der Waals surface area contributed by atoms with Crippen molar-refractivity contribution in [2.75, 3.05) is 12.4 Å². The van der Waals surface area contributed by atoms with E-state index >= 15 is 0 Å². The first-order chi connectivity index (χ1) is 8.51. The van der Waals surface area contributed by atoms with Crippen molar-refractivity contribution in [3.63, 3.8) is 0 Å². The van der Waals surface area contributed by atoms with Crippen molar-refractivity contribution in [2.24, 2.45) is 5.92 Å². The molecule has 0 spiro atoms. The van der Waals surface area contributed by atoms with Crippen LogP contribution in [0.15, 0.2) is 18.2 Å². The van der Waals surface area contributed by atoms with E-state index in [1.54, 1.807) is 7.05 Å². The molecule has 0 atom stereocenters. The Labute approximate surface area is 105 Å². The van der Waals surface area contributed by atoms with Gasteiger partial charge in [0, 0.05) is 29.9 Å². The van der Waals surface area contributed by atoms with Crippen LogP contribution in [-0.4, -0.2) is 12.0 Å². The van der Waals surface area contributed by atoms with Crippen LogP contribution in [0.25, 0.3) is 10.9 Å². The molecule has 1 aromatic carbocycles. The van der Waals surface area contributed by atoms with Gasteiger partial charge in [-0.25, -0.2) is 8.78 Å². The highest BCUT2D eigenvalue weighted by molar-refractivity contribution is 5.91. The predicted molar refractivity (Wildman–Crippen MR) is 69.7 cm³/mol. The van der Waals surface area contributed by atoms with Crippen LogP contribution in [0.4, 0.5) is 14.5 Å². The molecular weight excluding hydrogens is 234 g/mol. The molecule has 2 nitrogen and oxygen atoms in total. The molecule has 0 amide bonds. The first-order valence-electron chi connectivity index (χ1n) is 5.97. The quantitative estimate of drug-likeness (QED) is 0.897. The van der Waals surface area contributed by atoms with Gasteiger partial charge in [-0.1, -0.05) is 13.8 Å². The van der Waals surface area contributed by atoms with Crippen LogP contribution in [-0.2, 0) is 6.42 Å². The lowest BCUT2D eigenvalue weighted by Gasteiger charge is -2.11. The number of benzene rings is 1. The Kier molecular flexibility index (Phi) is 3.45. The van der Waals surface area contributed by atoms with Crippen molar-refractivity contribution in [3.05, 3.63) is 35.5 Å². The summed E-state index contributed by atoms with van der Waals surface area (Å²) in [6, 6.07) is 4.22. The number of hydrogen-bond donors (Lipinski definition) is 1. The number of anilines is 1. The van der Waals surface area contributed by atoms with Crippen molar-refractivity contribution in [1.29, 1.82) is 0 Å². The van der Waals surface area contributed by atoms with Crippen LogP contribution in [0.5, 0.6) is 0 Å². The number of pyridine rings is 1. The monoisotopic (exact) mass is 250 g/mol. The standard InChI is InChI=1S/C14H16F2N2/c1-8(2)4-9-5-13(17-3)10-6-11(15)12(16)7-14(10)18-9/h5-8H,4H2,1-3H3,(H,17,18). The summed E-state index contributed by atoms with van der Waals surface area (Å²) in [7, 11) is 1.76. The first-order valence-corrected chi connectivity index (χ1v) is 5.97. The first kappa shape index (κ1) is 12.7. The van der Waals surface area contributed by atoms with Gasteiger partial charge in [0.1, 0.15) is 0 Å². The van der Waals surface area contributed by atoms with Crippen LogP contribution in [0.2, 0.25) is 0 Å². The van der Waals surface area contributed by atoms with E-state index in [0.717, 1.165) is 23.9 Å². The molecule has 0 aliphatic rings. The third-order valence-electron chi connectivity index (χ3n) is 2.79. The van der Waals surface area contributed by atoms with Crippen molar-refractivity contribution < 1.29 is 8.78 Å². The third-order valence-corrected chi connectivity index (χ3v) is 2.79. The maximum absolute atomic E-state index is 13.2. The van der Waals surface area contributed by atoms with Crippen molar-refractivity contribution in [2.45, 2.75) is 20.3 Å². The van der Waals surface area contributed by atoms with Crippen LogP contribution in [0.3, 0.4) is 0 Å². The van der Waals surface area contributed by atoms with Gasteiger partial charge in [0.15, 0.2) is 11.6 Å². The van der Waals surface area contributed by atoms with Crippen LogP contribution in [0, 0.1) is 17.6 Å². The summed E-state index contributed by atoms with van der Waals surface area (Å²) in [5.74, 6) is -1.25. The van der Waals surface area contributed by atoms with Gasteiger partial charge < -0.3 is 5.32 Å². The Morgan fingerprint density at radius 1 is 1.17 bits per heavy atom. The number of aromatic nitrogens is 1. The number of nitrogens with one attached hydrogen (secondary N) is 1. The minimum atomic E-state index is -0.862. The van der Waals surface area contributed by atoms with Crippen LogP contribution in [0.1, 0.15) is 19.5 Å². The molecule has 0 saturated heterocycles. The molecule has 18 heavy (non-hydrogen) atoms.